The van der Waals surface area contributed by atoms with Crippen LogP contribution in [0.1, 0.15) is 88.8 Å². The van der Waals surface area contributed by atoms with Crippen LogP contribution in [-0.2, 0) is 21.7 Å². The van der Waals surface area contributed by atoms with Gasteiger partial charge in [0.2, 0.25) is 0 Å². The van der Waals surface area contributed by atoms with Gasteiger partial charge in [-0.2, -0.15) is 0 Å². The maximum absolute atomic E-state index is 7.16. The minimum absolute atomic E-state index is 0.151. The summed E-state index contributed by atoms with van der Waals surface area (Å²) in [5.74, 6) is 0. The molecule has 272 valence electrons. The van der Waals surface area contributed by atoms with Crippen molar-refractivity contribution in [1.29, 1.82) is 0 Å². The van der Waals surface area contributed by atoms with E-state index in [0.717, 1.165) is 30.2 Å². The molecule has 7 aromatic carbocycles. The Morgan fingerprint density at radius 3 is 1.30 bits per heavy atom. The molecular formula is C48H53BrO2Si2. The summed E-state index contributed by atoms with van der Waals surface area (Å²) < 4.78 is 15.5. The minimum atomic E-state index is -1.95. The molecule has 2 aliphatic carbocycles. The van der Waals surface area contributed by atoms with Gasteiger partial charge in [0.25, 0.3) is 0 Å². The Morgan fingerprint density at radius 1 is 0.491 bits per heavy atom. The molecule has 0 aromatic heterocycles. The Bertz CT molecular complexity index is 2680. The molecule has 0 aliphatic heterocycles. The van der Waals surface area contributed by atoms with Crippen molar-refractivity contribution in [3.63, 3.8) is 0 Å². The van der Waals surface area contributed by atoms with Crippen LogP contribution in [0.15, 0.2) is 83.3 Å². The van der Waals surface area contributed by atoms with E-state index in [2.05, 4.69) is 163 Å². The molecule has 2 atom stereocenters. The van der Waals surface area contributed by atoms with Gasteiger partial charge < -0.3 is 8.85 Å². The molecule has 0 spiro atoms. The second-order valence-corrected chi connectivity index (χ2v) is 29.5. The van der Waals surface area contributed by atoms with Crippen molar-refractivity contribution in [3.05, 3.63) is 106 Å². The van der Waals surface area contributed by atoms with E-state index >= 15 is 0 Å². The molecule has 53 heavy (non-hydrogen) atoms. The van der Waals surface area contributed by atoms with E-state index in [-0.39, 0.29) is 22.3 Å². The first-order chi connectivity index (χ1) is 24.9. The minimum Gasteiger partial charge on any atom is -0.410 e. The van der Waals surface area contributed by atoms with Crippen molar-refractivity contribution >= 4 is 97.2 Å². The Hall–Kier alpha value is -3.07. The molecule has 0 saturated carbocycles. The summed E-state index contributed by atoms with van der Waals surface area (Å²) in [6.45, 7) is 23.7. The lowest BCUT2D eigenvalue weighted by atomic mass is 9.86. The van der Waals surface area contributed by atoms with Gasteiger partial charge in [0.1, 0.15) is 0 Å². The number of rotatable bonds is 4. The predicted octanol–water partition coefficient (Wildman–Crippen LogP) is 15.4. The molecule has 0 fully saturated rings. The lowest BCUT2D eigenvalue weighted by molar-refractivity contribution is 0.185. The molecule has 0 unspecified atom stereocenters. The van der Waals surface area contributed by atoms with Crippen LogP contribution in [0.5, 0.6) is 0 Å². The molecule has 2 nitrogen and oxygen atoms in total. The zero-order valence-electron chi connectivity index (χ0n) is 33.2. The monoisotopic (exact) mass is 796 g/mol. The third kappa shape index (κ3) is 5.43. The Morgan fingerprint density at radius 2 is 0.849 bits per heavy atom. The molecule has 0 bridgehead atoms. The highest BCUT2D eigenvalue weighted by atomic mass is 79.9. The smallest absolute Gasteiger partial charge is 0.192 e. The van der Waals surface area contributed by atoms with Crippen molar-refractivity contribution in [3.8, 4) is 0 Å². The maximum Gasteiger partial charge on any atom is 0.192 e. The van der Waals surface area contributed by atoms with Gasteiger partial charge in [-0.25, -0.2) is 0 Å². The Kier molecular flexibility index (Phi) is 8.04. The fraction of sp³-hybridized carbons (Fsp3) is 0.375. The summed E-state index contributed by atoms with van der Waals surface area (Å²) in [7, 11) is -3.90. The van der Waals surface area contributed by atoms with Crippen LogP contribution in [0, 0.1) is 0 Å². The molecule has 7 aromatic rings. The first-order valence-electron chi connectivity index (χ1n) is 19.7. The number of benzene rings is 7. The third-order valence-corrected chi connectivity index (χ3v) is 23.6. The van der Waals surface area contributed by atoms with Crippen LogP contribution in [0.25, 0.3) is 64.6 Å². The van der Waals surface area contributed by atoms with Crippen molar-refractivity contribution < 1.29 is 8.85 Å². The molecule has 9 rings (SSSR count). The summed E-state index contributed by atoms with van der Waals surface area (Å²) in [5.41, 5.74) is 5.76. The van der Waals surface area contributed by atoms with Crippen molar-refractivity contribution in [1.82, 2.24) is 0 Å². The highest BCUT2D eigenvalue weighted by Gasteiger charge is 2.42. The molecule has 0 amide bonds. The lowest BCUT2D eigenvalue weighted by Crippen LogP contribution is -2.41. The fourth-order valence-corrected chi connectivity index (χ4v) is 12.2. The normalized spacial score (nSPS) is 18.3. The average molecular weight is 798 g/mol. The number of aryl methyl sites for hydroxylation is 2. The summed E-state index contributed by atoms with van der Waals surface area (Å²) >= 11 is 4.08. The van der Waals surface area contributed by atoms with E-state index in [1.165, 1.54) is 86.9 Å². The van der Waals surface area contributed by atoms with Crippen molar-refractivity contribution in [2.75, 3.05) is 0 Å². The lowest BCUT2D eigenvalue weighted by Gasteiger charge is -2.38. The number of halogens is 1. The first-order valence-corrected chi connectivity index (χ1v) is 26.3. The van der Waals surface area contributed by atoms with Gasteiger partial charge in [0.15, 0.2) is 16.6 Å². The van der Waals surface area contributed by atoms with Crippen molar-refractivity contribution in [2.24, 2.45) is 0 Å². The summed E-state index contributed by atoms with van der Waals surface area (Å²) in [4.78, 5) is 0. The summed E-state index contributed by atoms with van der Waals surface area (Å²) in [5, 5.41) is 16.5. The van der Waals surface area contributed by atoms with Crippen LogP contribution >= 0.6 is 15.9 Å². The van der Waals surface area contributed by atoms with Gasteiger partial charge >= 0.3 is 0 Å². The van der Waals surface area contributed by atoms with E-state index in [1.54, 1.807) is 0 Å². The quantitative estimate of drug-likeness (QED) is 0.130. The van der Waals surface area contributed by atoms with Gasteiger partial charge in [-0.1, -0.05) is 130 Å². The molecule has 0 radical (unpaired) electrons. The van der Waals surface area contributed by atoms with E-state index in [1.807, 2.05) is 0 Å². The average Bonchev–Trinajstić information content (AvgIpc) is 3.69. The Balaban J connectivity index is 1.37. The number of hydrogen-bond acceptors (Lipinski definition) is 2. The molecule has 2 aliphatic rings. The zero-order chi connectivity index (χ0) is 37.4. The third-order valence-electron chi connectivity index (χ3n) is 13.9. The van der Waals surface area contributed by atoms with Gasteiger partial charge in [-0.3, -0.25) is 0 Å². The summed E-state index contributed by atoms with van der Waals surface area (Å²) in [6, 6.07) is 30.6. The topological polar surface area (TPSA) is 18.5 Å². The molecule has 0 N–H and O–H groups in total. The molecule has 0 heterocycles. The van der Waals surface area contributed by atoms with Gasteiger partial charge in [-0.15, -0.1) is 0 Å². The maximum atomic E-state index is 7.16. The summed E-state index contributed by atoms with van der Waals surface area (Å²) in [6.07, 6.45) is 4.48. The number of fused-ring (bicyclic) bond motifs is 15. The van der Waals surface area contributed by atoms with Crippen LogP contribution in [-0.4, -0.2) is 16.6 Å². The highest BCUT2D eigenvalue weighted by molar-refractivity contribution is 9.10. The zero-order valence-corrected chi connectivity index (χ0v) is 36.8. The van der Waals surface area contributed by atoms with Gasteiger partial charge in [0, 0.05) is 4.47 Å². The molecule has 0 saturated heterocycles. The largest absolute Gasteiger partial charge is 0.410 e. The van der Waals surface area contributed by atoms with Crippen LogP contribution in [0.3, 0.4) is 0 Å². The Labute approximate surface area is 325 Å². The van der Waals surface area contributed by atoms with Gasteiger partial charge in [0.05, 0.1) is 12.2 Å². The standard InChI is InChI=1S/C48H53BrO2Si2/c1-47(2,3)52(7,8)50-39-25-23-35-33(39)20-17-28-11-13-30-15-16-32-27-38(49)37-22-19-31-14-12-29-18-21-34-36(24-26-40(34)51-53(9,10)48(4,5)6)42(29)44(31)46(37)45(32)43(30)41(28)35/h11-22,27,39-40H,23-26H2,1-10H3/t39-,40-/m1/s1. The van der Waals surface area contributed by atoms with E-state index < -0.39 is 16.6 Å². The highest BCUT2D eigenvalue weighted by Crippen LogP contribution is 2.51. The molecule has 5 heteroatoms. The second kappa shape index (κ2) is 12.0. The van der Waals surface area contributed by atoms with Crippen LogP contribution in [0.2, 0.25) is 36.3 Å². The fourth-order valence-electron chi connectivity index (χ4n) is 9.04. The second-order valence-electron chi connectivity index (χ2n) is 19.1. The van der Waals surface area contributed by atoms with E-state index in [4.69, 9.17) is 8.85 Å². The number of hydrogen-bond donors (Lipinski definition) is 0. The van der Waals surface area contributed by atoms with Crippen LogP contribution < -0.4 is 0 Å². The van der Waals surface area contributed by atoms with Gasteiger partial charge in [-0.05, 0) is 155 Å². The first kappa shape index (κ1) is 35.6. The van der Waals surface area contributed by atoms with E-state index in [9.17, 15) is 0 Å². The van der Waals surface area contributed by atoms with Crippen LogP contribution in [0.4, 0.5) is 0 Å². The SMILES string of the molecule is CC(C)(C)[Si](C)(C)O[C@@H]1CCc2c1ccc1ccc3ccc4cc(Br)c5ccc6ccc7ccc8c(c7c6c5c4c3c21)CC[C@H]8O[Si](C)(C)C(C)(C)C. The predicted molar refractivity (Wildman–Crippen MR) is 238 cm³/mol. The van der Waals surface area contributed by atoms with E-state index in [0.29, 0.717) is 0 Å². The van der Waals surface area contributed by atoms with Crippen molar-refractivity contribution in [2.45, 2.75) is 116 Å². The molecular weight excluding hydrogens is 745 g/mol.